The second-order valence-electron chi connectivity index (χ2n) is 8.95. The van der Waals surface area contributed by atoms with Gasteiger partial charge in [-0.05, 0) is 69.9 Å². The summed E-state index contributed by atoms with van der Waals surface area (Å²) >= 11 is 1.48. The molecule has 0 N–H and O–H groups in total. The zero-order valence-electron chi connectivity index (χ0n) is 22.1. The van der Waals surface area contributed by atoms with Gasteiger partial charge in [0.05, 0.1) is 28.3 Å². The van der Waals surface area contributed by atoms with Crippen molar-refractivity contribution in [2.45, 2.75) is 18.2 Å². The molecule has 0 saturated carbocycles. The summed E-state index contributed by atoms with van der Waals surface area (Å²) in [5.41, 5.74) is 2.35. The Morgan fingerprint density at radius 1 is 0.946 bits per heavy atom. The van der Waals surface area contributed by atoms with Gasteiger partial charge >= 0.3 is 0 Å². The van der Waals surface area contributed by atoms with E-state index in [1.165, 1.54) is 42.0 Å². The highest BCUT2D eigenvalue weighted by Crippen LogP contribution is 2.31. The number of para-hydroxylation sites is 1. The van der Waals surface area contributed by atoms with Crippen molar-refractivity contribution < 1.29 is 22.7 Å². The summed E-state index contributed by atoms with van der Waals surface area (Å²) in [6.45, 7) is 4.28. The molecule has 0 aliphatic rings. The average molecular weight is 549 g/mol. The summed E-state index contributed by atoms with van der Waals surface area (Å²) in [7, 11) is 3.27. The van der Waals surface area contributed by atoms with Crippen LogP contribution >= 0.6 is 11.3 Å². The summed E-state index contributed by atoms with van der Waals surface area (Å²) in [5, 5.41) is 0.634. The van der Waals surface area contributed by atoms with Gasteiger partial charge in [0.25, 0.3) is 5.91 Å². The Morgan fingerprint density at radius 3 is 2.16 bits per heavy atom. The monoisotopic (exact) mass is 548 g/mol. The zero-order chi connectivity index (χ0) is 27.0. The first-order valence-electron chi connectivity index (χ1n) is 12.1. The van der Waals surface area contributed by atoms with Gasteiger partial charge in [0, 0.05) is 39.4 Å². The van der Waals surface area contributed by atoms with Crippen LogP contribution in [0.2, 0.25) is 0 Å². The fourth-order valence-corrected chi connectivity index (χ4v) is 6.31. The maximum atomic E-state index is 13.6. The number of hydrogen-bond donors (Lipinski definition) is 0. The van der Waals surface area contributed by atoms with Crippen LogP contribution < -0.4 is 4.90 Å². The summed E-state index contributed by atoms with van der Waals surface area (Å²) in [5.74, 6) is -0.213. The third-order valence-electron chi connectivity index (χ3n) is 5.90. The minimum absolute atomic E-state index is 0.117. The van der Waals surface area contributed by atoms with Crippen LogP contribution in [-0.2, 0) is 19.5 Å². The van der Waals surface area contributed by atoms with Crippen LogP contribution in [0.4, 0.5) is 5.13 Å². The molecule has 9 nitrogen and oxygen atoms in total. The van der Waals surface area contributed by atoms with Gasteiger partial charge in [-0.15, -0.1) is 0 Å². The number of ether oxygens (including phenoxy) is 2. The van der Waals surface area contributed by atoms with Gasteiger partial charge in [-0.1, -0.05) is 23.5 Å². The van der Waals surface area contributed by atoms with Gasteiger partial charge in [0.1, 0.15) is 0 Å². The van der Waals surface area contributed by atoms with Crippen LogP contribution in [0.1, 0.15) is 22.3 Å². The fourth-order valence-electron chi connectivity index (χ4n) is 3.83. The van der Waals surface area contributed by atoms with Crippen molar-refractivity contribution >= 4 is 42.6 Å². The average Bonchev–Trinajstić information content (AvgIpc) is 3.31. The minimum Gasteiger partial charge on any atom is -0.383 e. The Balaban J connectivity index is 1.89. The molecule has 1 amide bonds. The molecule has 3 aromatic rings. The number of carbonyl (C=O) groups excluding carboxylic acids is 1. The van der Waals surface area contributed by atoms with Crippen molar-refractivity contribution in [1.82, 2.24) is 14.2 Å². The number of aryl methyl sites for hydroxylation is 1. The normalized spacial score (nSPS) is 12.1. The van der Waals surface area contributed by atoms with Gasteiger partial charge in [-0.2, -0.15) is 4.31 Å². The smallest absolute Gasteiger partial charge is 0.260 e. The Hall–Kier alpha value is -2.41. The van der Waals surface area contributed by atoms with E-state index in [1.54, 1.807) is 17.0 Å². The number of benzene rings is 2. The van der Waals surface area contributed by atoms with Crippen molar-refractivity contribution in [3.63, 3.8) is 0 Å². The molecule has 3 rings (SSSR count). The highest BCUT2D eigenvalue weighted by atomic mass is 32.2. The summed E-state index contributed by atoms with van der Waals surface area (Å²) < 4.78 is 38.9. The molecule has 2 aromatic carbocycles. The molecule has 0 unspecified atom stereocenters. The van der Waals surface area contributed by atoms with E-state index in [0.717, 1.165) is 28.7 Å². The molecule has 1 aromatic heterocycles. The molecular formula is C26H36N4O5S2. The Labute approximate surface area is 223 Å². The van der Waals surface area contributed by atoms with Crippen LogP contribution in [-0.4, -0.2) is 96.2 Å². The van der Waals surface area contributed by atoms with Crippen LogP contribution in [0.25, 0.3) is 10.2 Å². The quantitative estimate of drug-likeness (QED) is 0.305. The number of carbonyl (C=O) groups is 1. The second kappa shape index (κ2) is 13.4. The molecule has 0 spiro atoms. The first-order chi connectivity index (χ1) is 17.7. The summed E-state index contributed by atoms with van der Waals surface area (Å²) in [6, 6.07) is 12.1. The number of amides is 1. The number of methoxy groups -OCH3 is 2. The number of sulfonamides is 1. The lowest BCUT2D eigenvalue weighted by Gasteiger charge is -2.22. The topological polar surface area (TPSA) is 92.3 Å². The Morgan fingerprint density at radius 2 is 1.59 bits per heavy atom. The maximum Gasteiger partial charge on any atom is 0.260 e. The van der Waals surface area contributed by atoms with Crippen LogP contribution in [0.3, 0.4) is 0 Å². The van der Waals surface area contributed by atoms with Gasteiger partial charge in [0.2, 0.25) is 10.0 Å². The highest BCUT2D eigenvalue weighted by Gasteiger charge is 2.26. The van der Waals surface area contributed by atoms with Crippen molar-refractivity contribution in [2.75, 3.05) is 72.6 Å². The molecular weight excluding hydrogens is 512 g/mol. The SMILES string of the molecule is COCCN(CCOC)S(=O)(=O)c1ccc(C(=O)N(CCCN(C)C)c2nc3c(C)cccc3s2)cc1. The maximum absolute atomic E-state index is 13.6. The number of hydrogen-bond acceptors (Lipinski definition) is 8. The van der Waals surface area contributed by atoms with E-state index in [9.17, 15) is 13.2 Å². The molecule has 0 atom stereocenters. The van der Waals surface area contributed by atoms with Crippen LogP contribution in [0, 0.1) is 6.92 Å². The zero-order valence-corrected chi connectivity index (χ0v) is 23.8. The fraction of sp³-hybridized carbons (Fsp3) is 0.462. The van der Waals surface area contributed by atoms with E-state index in [2.05, 4.69) is 4.90 Å². The van der Waals surface area contributed by atoms with Crippen LogP contribution in [0.15, 0.2) is 47.4 Å². The Bertz CT molecular complexity index is 1270. The van der Waals surface area contributed by atoms with Gasteiger partial charge in [-0.3, -0.25) is 9.69 Å². The third kappa shape index (κ3) is 7.34. The highest BCUT2D eigenvalue weighted by molar-refractivity contribution is 7.89. The predicted molar refractivity (Wildman–Crippen MR) is 148 cm³/mol. The van der Waals surface area contributed by atoms with E-state index in [1.807, 2.05) is 39.2 Å². The number of nitrogens with zero attached hydrogens (tertiary/aromatic N) is 4. The number of rotatable bonds is 14. The van der Waals surface area contributed by atoms with Gasteiger partial charge in [-0.25, -0.2) is 13.4 Å². The van der Waals surface area contributed by atoms with Crippen molar-refractivity contribution in [3.05, 3.63) is 53.6 Å². The predicted octanol–water partition coefficient (Wildman–Crippen LogP) is 3.49. The molecule has 0 aliphatic heterocycles. The van der Waals surface area contributed by atoms with E-state index in [4.69, 9.17) is 14.5 Å². The molecule has 202 valence electrons. The summed E-state index contributed by atoms with van der Waals surface area (Å²) in [6.07, 6.45) is 0.772. The van der Waals surface area contributed by atoms with Gasteiger partial charge in [0.15, 0.2) is 5.13 Å². The van der Waals surface area contributed by atoms with Crippen LogP contribution in [0.5, 0.6) is 0 Å². The molecule has 0 aliphatic carbocycles. The molecule has 0 bridgehead atoms. The minimum atomic E-state index is -3.77. The van der Waals surface area contributed by atoms with Crippen molar-refractivity contribution in [3.8, 4) is 0 Å². The first-order valence-corrected chi connectivity index (χ1v) is 14.4. The summed E-state index contributed by atoms with van der Waals surface area (Å²) in [4.78, 5) is 22.3. The lowest BCUT2D eigenvalue weighted by molar-refractivity contribution is 0.0986. The van der Waals surface area contributed by atoms with E-state index >= 15 is 0 Å². The van der Waals surface area contributed by atoms with Crippen molar-refractivity contribution in [2.24, 2.45) is 0 Å². The Kier molecular flexibility index (Phi) is 10.6. The molecule has 0 radical (unpaired) electrons. The lowest BCUT2D eigenvalue weighted by Crippen LogP contribution is -2.36. The van der Waals surface area contributed by atoms with Crippen molar-refractivity contribution in [1.29, 1.82) is 0 Å². The number of aromatic nitrogens is 1. The largest absolute Gasteiger partial charge is 0.383 e. The number of anilines is 1. The van der Waals surface area contributed by atoms with E-state index < -0.39 is 10.0 Å². The van der Waals surface area contributed by atoms with E-state index in [0.29, 0.717) is 17.2 Å². The lowest BCUT2D eigenvalue weighted by atomic mass is 10.2. The number of thiazole rings is 1. The second-order valence-corrected chi connectivity index (χ2v) is 11.9. The molecule has 0 saturated heterocycles. The van der Waals surface area contributed by atoms with E-state index in [-0.39, 0.29) is 37.1 Å². The molecule has 37 heavy (non-hydrogen) atoms. The molecule has 11 heteroatoms. The standard InChI is InChI=1S/C26H36N4O5S2/c1-20-8-6-9-23-24(20)27-26(36-23)30(15-7-14-28(2)3)25(31)21-10-12-22(13-11-21)37(32,33)29(16-18-34-4)17-19-35-5/h6,8-13H,7,14-19H2,1-5H3. The molecule has 1 heterocycles. The third-order valence-corrected chi connectivity index (χ3v) is 8.86. The number of fused-ring (bicyclic) bond motifs is 1. The first kappa shape index (κ1) is 29.2. The molecule has 0 fully saturated rings. The van der Waals surface area contributed by atoms with Gasteiger partial charge < -0.3 is 14.4 Å².